The van der Waals surface area contributed by atoms with Crippen molar-refractivity contribution < 1.29 is 5.11 Å². The topological polar surface area (TPSA) is 46.2 Å². The Hall–Kier alpha value is -1.02. The molecule has 0 atom stereocenters. The van der Waals surface area contributed by atoms with Crippen molar-refractivity contribution in [1.29, 1.82) is 0 Å². The summed E-state index contributed by atoms with van der Waals surface area (Å²) in [6.07, 6.45) is 10.5. The quantitative estimate of drug-likeness (QED) is 0.796. The van der Waals surface area contributed by atoms with Crippen LogP contribution in [0.1, 0.15) is 61.6 Å². The van der Waals surface area contributed by atoms with Crippen molar-refractivity contribution >= 4 is 0 Å². The fourth-order valence-electron chi connectivity index (χ4n) is 3.62. The predicted molar refractivity (Wildman–Crippen MR) is 73.7 cm³/mol. The van der Waals surface area contributed by atoms with Gasteiger partial charge in [-0.05, 0) is 61.8 Å². The highest BCUT2D eigenvalue weighted by atomic mass is 16.3. The average molecular weight is 245 g/mol. The summed E-state index contributed by atoms with van der Waals surface area (Å²) in [5.74, 6) is 0.431. The highest BCUT2D eigenvalue weighted by Crippen LogP contribution is 2.41. The van der Waals surface area contributed by atoms with Crippen LogP contribution in [0.3, 0.4) is 0 Å². The summed E-state index contributed by atoms with van der Waals surface area (Å²) >= 11 is 0. The molecule has 0 spiro atoms. The molecule has 0 unspecified atom stereocenters. The second kappa shape index (κ2) is 4.58. The third-order valence-corrected chi connectivity index (χ3v) is 4.74. The normalized spacial score (nSPS) is 22.5. The van der Waals surface area contributed by atoms with Gasteiger partial charge in [0.05, 0.1) is 0 Å². The molecule has 18 heavy (non-hydrogen) atoms. The molecule has 1 aromatic rings. The number of hydrogen-bond donors (Lipinski definition) is 2. The molecule has 0 amide bonds. The van der Waals surface area contributed by atoms with Crippen molar-refractivity contribution in [2.45, 2.75) is 63.3 Å². The van der Waals surface area contributed by atoms with Crippen LogP contribution in [-0.4, -0.2) is 5.11 Å². The largest absolute Gasteiger partial charge is 0.508 e. The minimum absolute atomic E-state index is 0.283. The first-order chi connectivity index (χ1) is 8.69. The molecule has 0 saturated heterocycles. The Morgan fingerprint density at radius 3 is 2.17 bits per heavy atom. The molecule has 0 aliphatic heterocycles. The predicted octanol–water partition coefficient (Wildman–Crippen LogP) is 3.39. The Labute approximate surface area is 109 Å². The van der Waals surface area contributed by atoms with E-state index in [9.17, 15) is 5.11 Å². The molecule has 98 valence electrons. The summed E-state index contributed by atoms with van der Waals surface area (Å²) in [6, 6.07) is 4.18. The van der Waals surface area contributed by atoms with E-state index in [-0.39, 0.29) is 5.54 Å². The Kier molecular flexibility index (Phi) is 3.06. The molecule has 0 radical (unpaired) electrons. The van der Waals surface area contributed by atoms with Crippen molar-refractivity contribution in [3.8, 4) is 5.75 Å². The van der Waals surface area contributed by atoms with Gasteiger partial charge in [0.15, 0.2) is 0 Å². The van der Waals surface area contributed by atoms with Gasteiger partial charge in [0.1, 0.15) is 5.75 Å². The smallest absolute Gasteiger partial charge is 0.120 e. The lowest BCUT2D eigenvalue weighted by Gasteiger charge is -2.35. The van der Waals surface area contributed by atoms with Gasteiger partial charge in [-0.3, -0.25) is 0 Å². The number of rotatable bonds is 1. The van der Waals surface area contributed by atoms with E-state index in [4.69, 9.17) is 5.73 Å². The molecule has 0 aromatic heterocycles. The maximum Gasteiger partial charge on any atom is 0.120 e. The van der Waals surface area contributed by atoms with Gasteiger partial charge in [0.25, 0.3) is 0 Å². The molecule has 1 fully saturated rings. The summed E-state index contributed by atoms with van der Waals surface area (Å²) in [5.41, 5.74) is 10.0. The van der Waals surface area contributed by atoms with Crippen LogP contribution in [0, 0.1) is 0 Å². The van der Waals surface area contributed by atoms with Gasteiger partial charge >= 0.3 is 0 Å². The van der Waals surface area contributed by atoms with Crippen molar-refractivity contribution in [2.24, 2.45) is 5.73 Å². The molecular formula is C16H23NO. The van der Waals surface area contributed by atoms with Crippen LogP contribution in [-0.2, 0) is 18.4 Å². The summed E-state index contributed by atoms with van der Waals surface area (Å²) in [6.45, 7) is 0. The van der Waals surface area contributed by atoms with Gasteiger partial charge in [-0.15, -0.1) is 0 Å². The third kappa shape index (κ3) is 2.03. The van der Waals surface area contributed by atoms with Crippen LogP contribution in [0.25, 0.3) is 0 Å². The molecule has 0 bridgehead atoms. The van der Waals surface area contributed by atoms with Gasteiger partial charge in [-0.1, -0.05) is 19.3 Å². The van der Waals surface area contributed by atoms with E-state index in [1.54, 1.807) is 0 Å². The first kappa shape index (κ1) is 12.0. The van der Waals surface area contributed by atoms with Crippen LogP contribution >= 0.6 is 0 Å². The maximum absolute atomic E-state index is 10.3. The third-order valence-electron chi connectivity index (χ3n) is 4.74. The minimum atomic E-state index is -0.283. The molecular weight excluding hydrogens is 222 g/mol. The van der Waals surface area contributed by atoms with Crippen LogP contribution < -0.4 is 5.73 Å². The number of phenolic OH excluding ortho intramolecular Hbond substituents is 1. The number of nitrogens with two attached hydrogens (primary N) is 1. The lowest BCUT2D eigenvalue weighted by Crippen LogP contribution is -2.38. The summed E-state index contributed by atoms with van der Waals surface area (Å²) in [4.78, 5) is 0. The van der Waals surface area contributed by atoms with E-state index in [0.29, 0.717) is 5.75 Å². The van der Waals surface area contributed by atoms with Gasteiger partial charge in [0.2, 0.25) is 0 Å². The molecule has 2 aliphatic carbocycles. The molecule has 2 heteroatoms. The summed E-state index contributed by atoms with van der Waals surface area (Å²) < 4.78 is 0. The van der Waals surface area contributed by atoms with Gasteiger partial charge in [0, 0.05) is 11.1 Å². The second-order valence-corrected chi connectivity index (χ2v) is 6.06. The fourth-order valence-corrected chi connectivity index (χ4v) is 3.62. The molecule has 3 N–H and O–H groups in total. The van der Waals surface area contributed by atoms with Crippen molar-refractivity contribution in [3.05, 3.63) is 28.8 Å². The second-order valence-electron chi connectivity index (χ2n) is 6.06. The Bertz CT molecular complexity index is 447. The average Bonchev–Trinajstić information content (AvgIpc) is 2.38. The molecule has 2 nitrogen and oxygen atoms in total. The Balaban J connectivity index is 2.00. The Morgan fingerprint density at radius 2 is 1.50 bits per heavy atom. The number of benzene rings is 1. The molecule has 1 aromatic carbocycles. The van der Waals surface area contributed by atoms with E-state index in [2.05, 4.69) is 6.07 Å². The molecule has 1 saturated carbocycles. The number of aromatic hydroxyl groups is 1. The number of aryl methyl sites for hydroxylation is 2. The maximum atomic E-state index is 10.3. The van der Waals surface area contributed by atoms with E-state index in [1.807, 2.05) is 6.07 Å². The monoisotopic (exact) mass is 245 g/mol. The number of phenols is 1. The highest BCUT2D eigenvalue weighted by Gasteiger charge is 2.32. The Morgan fingerprint density at radius 1 is 0.889 bits per heavy atom. The van der Waals surface area contributed by atoms with E-state index >= 15 is 0 Å². The number of fused-ring (bicyclic) bond motifs is 1. The zero-order valence-corrected chi connectivity index (χ0v) is 11.0. The van der Waals surface area contributed by atoms with Gasteiger partial charge < -0.3 is 10.8 Å². The molecule has 0 heterocycles. The standard InChI is InChI=1S/C16H23NO/c17-16(8-4-1-5-9-16)14-10-12-6-2-3-7-13(12)11-15(14)18/h10-11,18H,1-9,17H2. The van der Waals surface area contributed by atoms with Crippen molar-refractivity contribution in [1.82, 2.24) is 0 Å². The fraction of sp³-hybridized carbons (Fsp3) is 0.625. The number of hydrogen-bond acceptors (Lipinski definition) is 2. The highest BCUT2D eigenvalue weighted by molar-refractivity contribution is 5.46. The van der Waals surface area contributed by atoms with E-state index in [1.165, 1.54) is 43.2 Å². The van der Waals surface area contributed by atoms with Crippen LogP contribution in [0.2, 0.25) is 0 Å². The first-order valence-corrected chi connectivity index (χ1v) is 7.33. The molecule has 3 rings (SSSR count). The van der Waals surface area contributed by atoms with Crippen LogP contribution in [0.15, 0.2) is 12.1 Å². The SMILES string of the molecule is NC1(c2cc3c(cc2O)CCCC3)CCCCC1. The minimum Gasteiger partial charge on any atom is -0.508 e. The van der Waals surface area contributed by atoms with E-state index < -0.39 is 0 Å². The molecule has 2 aliphatic rings. The van der Waals surface area contributed by atoms with Crippen molar-refractivity contribution in [2.75, 3.05) is 0 Å². The van der Waals surface area contributed by atoms with Gasteiger partial charge in [-0.25, -0.2) is 0 Å². The zero-order chi connectivity index (χ0) is 12.6. The summed E-state index contributed by atoms with van der Waals surface area (Å²) in [5, 5.41) is 10.3. The van der Waals surface area contributed by atoms with E-state index in [0.717, 1.165) is 31.2 Å². The van der Waals surface area contributed by atoms with Crippen molar-refractivity contribution in [3.63, 3.8) is 0 Å². The lowest BCUT2D eigenvalue weighted by atomic mass is 9.75. The summed E-state index contributed by atoms with van der Waals surface area (Å²) in [7, 11) is 0. The zero-order valence-electron chi connectivity index (χ0n) is 11.0. The first-order valence-electron chi connectivity index (χ1n) is 7.33. The van der Waals surface area contributed by atoms with Crippen LogP contribution in [0.5, 0.6) is 5.75 Å². The van der Waals surface area contributed by atoms with Crippen LogP contribution in [0.4, 0.5) is 0 Å². The lowest BCUT2D eigenvalue weighted by molar-refractivity contribution is 0.291. The van der Waals surface area contributed by atoms with Gasteiger partial charge in [-0.2, -0.15) is 0 Å².